The molecule has 6 rings (SSSR count). The first-order chi connectivity index (χ1) is 21.0. The summed E-state index contributed by atoms with van der Waals surface area (Å²) in [5, 5.41) is 12.9. The van der Waals surface area contributed by atoms with Crippen LogP contribution in [-0.2, 0) is 11.2 Å². The van der Waals surface area contributed by atoms with E-state index < -0.39 is 0 Å². The number of halogens is 1. The van der Waals surface area contributed by atoms with Gasteiger partial charge in [-0.2, -0.15) is 5.26 Å². The Morgan fingerprint density at radius 2 is 1.81 bits per heavy atom. The molecule has 0 radical (unpaired) electrons. The summed E-state index contributed by atoms with van der Waals surface area (Å²) in [4.78, 5) is 24.0. The number of carbonyl (C=O) groups excluding carboxylic acids is 1. The Morgan fingerprint density at radius 3 is 2.56 bits per heavy atom. The third-order valence-corrected chi connectivity index (χ3v) is 9.70. The average Bonchev–Trinajstić information content (AvgIpc) is 3.18. The van der Waals surface area contributed by atoms with Gasteiger partial charge in [-0.25, -0.2) is 0 Å². The number of dihydropyridines is 1. The van der Waals surface area contributed by atoms with Crippen molar-refractivity contribution in [3.05, 3.63) is 87.6 Å². The van der Waals surface area contributed by atoms with E-state index in [4.69, 9.17) is 4.74 Å². The van der Waals surface area contributed by atoms with Crippen molar-refractivity contribution in [3.63, 3.8) is 0 Å². The second kappa shape index (κ2) is 13.4. The van der Waals surface area contributed by atoms with Gasteiger partial charge in [0.15, 0.2) is 0 Å². The Balaban J connectivity index is 1.05. The molecule has 2 saturated heterocycles. The summed E-state index contributed by atoms with van der Waals surface area (Å²) >= 11 is 3.67. The number of amidine groups is 1. The van der Waals surface area contributed by atoms with Gasteiger partial charge in [0.25, 0.3) is 0 Å². The van der Waals surface area contributed by atoms with Crippen LogP contribution in [0.4, 0.5) is 0 Å². The molecule has 0 spiro atoms. The number of piperidine rings is 1. The minimum absolute atomic E-state index is 0.234. The molecule has 1 N–H and O–H groups in total. The van der Waals surface area contributed by atoms with E-state index >= 15 is 0 Å². The first-order valence-electron chi connectivity index (χ1n) is 15.4. The molecule has 3 heterocycles. The van der Waals surface area contributed by atoms with Gasteiger partial charge in [-0.3, -0.25) is 9.69 Å². The third kappa shape index (κ3) is 6.81. The van der Waals surface area contributed by atoms with Crippen molar-refractivity contribution in [2.45, 2.75) is 51.1 Å². The number of aliphatic imine (C=N–C) groups is 1. The summed E-state index contributed by atoms with van der Waals surface area (Å²) in [6.07, 6.45) is 10.7. The molecule has 2 aromatic rings. The number of fused-ring (bicyclic) bond motifs is 2. The van der Waals surface area contributed by atoms with Crippen LogP contribution in [0.5, 0.6) is 5.75 Å². The maximum absolute atomic E-state index is 13.4. The maximum Gasteiger partial charge on any atom is 0.308 e. The standard InChI is InChI=1S/C34H39BrN6O2/c1-24-7-10-30-26(19-24)8-9-27-21-28(35)22-37-32(27)33(30)40-17-15-39(16-18-40)31(42)20-25-11-13-41(14-12-25)34(38-23-36)43-29-5-3-2-4-6-29/h2-7,10,19,21-22,25,32-33,37H,8-9,11-18,20H2,1H3. The lowest BCUT2D eigenvalue weighted by molar-refractivity contribution is -0.134. The normalized spacial score (nSPS) is 23.1. The zero-order valence-corrected chi connectivity index (χ0v) is 26.3. The monoisotopic (exact) mass is 642 g/mol. The lowest BCUT2D eigenvalue weighted by Crippen LogP contribution is -2.54. The molecule has 224 valence electrons. The van der Waals surface area contributed by atoms with Crippen molar-refractivity contribution in [1.82, 2.24) is 20.0 Å². The molecule has 43 heavy (non-hydrogen) atoms. The highest BCUT2D eigenvalue weighted by Gasteiger charge is 2.38. The highest BCUT2D eigenvalue weighted by Crippen LogP contribution is 2.39. The van der Waals surface area contributed by atoms with Gasteiger partial charge < -0.3 is 19.9 Å². The van der Waals surface area contributed by atoms with Crippen molar-refractivity contribution in [2.75, 3.05) is 39.3 Å². The van der Waals surface area contributed by atoms with Crippen LogP contribution in [0.15, 0.2) is 75.9 Å². The van der Waals surface area contributed by atoms with E-state index in [1.807, 2.05) is 41.4 Å². The van der Waals surface area contributed by atoms with Crippen LogP contribution in [0.25, 0.3) is 0 Å². The largest absolute Gasteiger partial charge is 0.425 e. The van der Waals surface area contributed by atoms with Crippen molar-refractivity contribution < 1.29 is 9.53 Å². The number of amides is 1. The van der Waals surface area contributed by atoms with Crippen molar-refractivity contribution in [1.29, 1.82) is 5.26 Å². The molecule has 3 aliphatic heterocycles. The number of nitrogens with one attached hydrogen (secondary N) is 1. The number of allylic oxidation sites excluding steroid dienone is 2. The number of piperazine rings is 1. The molecule has 2 atom stereocenters. The van der Waals surface area contributed by atoms with Crippen LogP contribution in [0.2, 0.25) is 0 Å². The predicted octanol–water partition coefficient (Wildman–Crippen LogP) is 5.28. The van der Waals surface area contributed by atoms with Crippen LogP contribution >= 0.6 is 15.9 Å². The van der Waals surface area contributed by atoms with Gasteiger partial charge in [0, 0.05) is 56.4 Å². The molecule has 9 heteroatoms. The summed E-state index contributed by atoms with van der Waals surface area (Å²) in [5.41, 5.74) is 5.61. The van der Waals surface area contributed by atoms with Crippen molar-refractivity contribution in [2.24, 2.45) is 10.9 Å². The fourth-order valence-corrected chi connectivity index (χ4v) is 7.39. The number of carbonyl (C=O) groups is 1. The topological polar surface area (TPSA) is 84.2 Å². The molecular weight excluding hydrogens is 604 g/mol. The highest BCUT2D eigenvalue weighted by molar-refractivity contribution is 9.11. The predicted molar refractivity (Wildman–Crippen MR) is 171 cm³/mol. The van der Waals surface area contributed by atoms with Gasteiger partial charge in [0.2, 0.25) is 12.1 Å². The Kier molecular flexibility index (Phi) is 9.15. The maximum atomic E-state index is 13.4. The molecule has 8 nitrogen and oxygen atoms in total. The van der Waals surface area contributed by atoms with Crippen LogP contribution in [0, 0.1) is 24.3 Å². The van der Waals surface area contributed by atoms with Gasteiger partial charge in [-0.05, 0) is 89.4 Å². The van der Waals surface area contributed by atoms with Crippen LogP contribution < -0.4 is 10.1 Å². The minimum atomic E-state index is 0.234. The number of likely N-dealkylation sites (tertiary alicyclic amines) is 1. The fraction of sp³-hybridized carbons (Fsp3) is 0.441. The summed E-state index contributed by atoms with van der Waals surface area (Å²) < 4.78 is 7.00. The zero-order chi connectivity index (χ0) is 29.8. The van der Waals surface area contributed by atoms with Gasteiger partial charge in [-0.15, -0.1) is 4.99 Å². The molecule has 1 aliphatic carbocycles. The van der Waals surface area contributed by atoms with E-state index in [0.717, 1.165) is 56.3 Å². The number of benzene rings is 2. The lowest BCUT2D eigenvalue weighted by Gasteiger charge is -2.44. The number of nitriles is 1. The quantitative estimate of drug-likeness (QED) is 0.278. The van der Waals surface area contributed by atoms with E-state index in [-0.39, 0.29) is 18.0 Å². The first-order valence-corrected chi connectivity index (χ1v) is 16.2. The summed E-state index contributed by atoms with van der Waals surface area (Å²) in [6, 6.07) is 17.1. The number of aryl methyl sites for hydroxylation is 2. The van der Waals surface area contributed by atoms with Crippen LogP contribution in [0.3, 0.4) is 0 Å². The van der Waals surface area contributed by atoms with E-state index in [0.29, 0.717) is 37.2 Å². The SMILES string of the molecule is Cc1ccc2c(c1)CCC1=CC(Br)=CNC1C2N1CCN(C(=O)CC2CCN(C(=NC#N)Oc3ccccc3)CC2)CC1. The minimum Gasteiger partial charge on any atom is -0.425 e. The second-order valence-electron chi connectivity index (χ2n) is 12.0. The second-order valence-corrected chi connectivity index (χ2v) is 12.9. The van der Waals surface area contributed by atoms with Crippen LogP contribution in [-0.4, -0.2) is 71.9 Å². The molecule has 1 amide bonds. The number of nitrogens with zero attached hydrogens (tertiary/aromatic N) is 5. The van der Waals surface area contributed by atoms with E-state index in [1.54, 1.807) is 0 Å². The molecule has 4 aliphatic rings. The van der Waals surface area contributed by atoms with Gasteiger partial charge >= 0.3 is 6.02 Å². The van der Waals surface area contributed by atoms with Crippen molar-refractivity contribution >= 4 is 27.9 Å². The summed E-state index contributed by atoms with van der Waals surface area (Å²) in [5.74, 6) is 1.24. The third-order valence-electron chi connectivity index (χ3n) is 9.25. The molecule has 0 bridgehead atoms. The molecule has 0 saturated carbocycles. The highest BCUT2D eigenvalue weighted by atomic mass is 79.9. The van der Waals surface area contributed by atoms with Crippen LogP contribution in [0.1, 0.15) is 48.4 Å². The lowest BCUT2D eigenvalue weighted by atomic mass is 9.90. The van der Waals surface area contributed by atoms with E-state index in [2.05, 4.69) is 73.4 Å². The molecule has 0 aromatic heterocycles. The number of ether oxygens (including phenoxy) is 1. The number of para-hydroxylation sites is 1. The average molecular weight is 644 g/mol. The van der Waals surface area contributed by atoms with Crippen molar-refractivity contribution in [3.8, 4) is 11.9 Å². The molecular formula is C34H39BrN6O2. The Labute approximate surface area is 262 Å². The smallest absolute Gasteiger partial charge is 0.308 e. The van der Waals surface area contributed by atoms with E-state index in [1.165, 1.54) is 22.3 Å². The number of hydrogen-bond acceptors (Lipinski definition) is 6. The van der Waals surface area contributed by atoms with E-state index in [9.17, 15) is 10.1 Å². The summed E-state index contributed by atoms with van der Waals surface area (Å²) in [7, 11) is 0. The Hall–Kier alpha value is -3.61. The number of rotatable bonds is 4. The van der Waals surface area contributed by atoms with Gasteiger partial charge in [0.05, 0.1) is 12.1 Å². The summed E-state index contributed by atoms with van der Waals surface area (Å²) in [6.45, 7) is 6.85. The van der Waals surface area contributed by atoms with Gasteiger partial charge in [-0.1, -0.05) is 42.0 Å². The fourth-order valence-electron chi connectivity index (χ4n) is 6.96. The molecule has 2 fully saturated rings. The Morgan fingerprint density at radius 1 is 1.05 bits per heavy atom. The van der Waals surface area contributed by atoms with Gasteiger partial charge in [0.1, 0.15) is 5.75 Å². The first kappa shape index (κ1) is 29.5. The molecule has 2 aromatic carbocycles. The Bertz CT molecular complexity index is 1450. The zero-order valence-electron chi connectivity index (χ0n) is 24.7. The molecule has 2 unspecified atom stereocenters. The number of hydrogen-bond donors (Lipinski definition) is 1.